The third-order valence-corrected chi connectivity index (χ3v) is 2.81. The zero-order valence-corrected chi connectivity index (χ0v) is 10.1. The first-order valence-corrected chi connectivity index (χ1v) is 5.67. The summed E-state index contributed by atoms with van der Waals surface area (Å²) in [6.45, 7) is 1.98. The van der Waals surface area contributed by atoms with E-state index in [1.165, 1.54) is 12.3 Å². The minimum Gasteiger partial charge on any atom is -0.363 e. The molecule has 88 valence electrons. The highest BCUT2D eigenvalue weighted by Gasteiger charge is 2.09. The third-order valence-electron chi connectivity index (χ3n) is 2.46. The molecule has 2 rings (SSSR count). The summed E-state index contributed by atoms with van der Waals surface area (Å²) in [5.41, 5.74) is 0.986. The van der Waals surface area contributed by atoms with Gasteiger partial charge in [-0.05, 0) is 30.7 Å². The average Bonchev–Trinajstić information content (AvgIpc) is 2.32. The summed E-state index contributed by atoms with van der Waals surface area (Å²) in [5, 5.41) is 3.87. The molecule has 0 aliphatic rings. The molecule has 1 heterocycles. The molecule has 0 aliphatic heterocycles. The van der Waals surface area contributed by atoms with Gasteiger partial charge in [0.05, 0.1) is 12.2 Å². The highest BCUT2D eigenvalue weighted by molar-refractivity contribution is 6.31. The fourth-order valence-electron chi connectivity index (χ4n) is 1.59. The van der Waals surface area contributed by atoms with Gasteiger partial charge in [0.2, 0.25) is 0 Å². The van der Waals surface area contributed by atoms with Crippen LogP contribution in [0.25, 0.3) is 0 Å². The van der Waals surface area contributed by atoms with Crippen molar-refractivity contribution in [2.45, 2.75) is 13.0 Å². The Balaban J connectivity index is 2.14. The summed E-state index contributed by atoms with van der Waals surface area (Å²) in [6, 6.07) is 10.6. The van der Waals surface area contributed by atoms with E-state index in [2.05, 4.69) is 10.3 Å². The van der Waals surface area contributed by atoms with Crippen LogP contribution in [0, 0.1) is 5.82 Å². The minimum atomic E-state index is -0.346. The van der Waals surface area contributed by atoms with E-state index < -0.39 is 0 Å². The number of benzene rings is 1. The maximum atomic E-state index is 12.7. The molecule has 4 heteroatoms. The second-order valence-corrected chi connectivity index (χ2v) is 4.16. The number of rotatable bonds is 3. The minimum absolute atomic E-state index is 0.0154. The molecule has 1 unspecified atom stereocenters. The van der Waals surface area contributed by atoms with Crippen molar-refractivity contribution < 1.29 is 4.39 Å². The van der Waals surface area contributed by atoms with Gasteiger partial charge in [0.1, 0.15) is 11.6 Å². The lowest BCUT2D eigenvalue weighted by Gasteiger charge is -2.16. The van der Waals surface area contributed by atoms with Crippen LogP contribution in [0.1, 0.15) is 18.5 Å². The van der Waals surface area contributed by atoms with E-state index in [4.69, 9.17) is 11.6 Å². The van der Waals surface area contributed by atoms with Crippen LogP contribution in [-0.2, 0) is 0 Å². The van der Waals surface area contributed by atoms with Gasteiger partial charge < -0.3 is 5.32 Å². The van der Waals surface area contributed by atoms with Gasteiger partial charge in [0.25, 0.3) is 0 Å². The Bertz CT molecular complexity index is 499. The predicted octanol–water partition coefficient (Wildman–Crippen LogP) is 4.05. The summed E-state index contributed by atoms with van der Waals surface area (Å²) in [4.78, 5) is 3.94. The largest absolute Gasteiger partial charge is 0.363 e. The van der Waals surface area contributed by atoms with E-state index >= 15 is 0 Å². The highest BCUT2D eigenvalue weighted by atomic mass is 35.5. The van der Waals surface area contributed by atoms with Gasteiger partial charge in [0.15, 0.2) is 0 Å². The summed E-state index contributed by atoms with van der Waals surface area (Å²) in [7, 11) is 0. The average molecular weight is 251 g/mol. The number of nitrogens with zero attached hydrogens (tertiary/aromatic N) is 1. The zero-order valence-electron chi connectivity index (χ0n) is 9.32. The van der Waals surface area contributed by atoms with E-state index in [0.717, 1.165) is 5.56 Å². The van der Waals surface area contributed by atoms with Gasteiger partial charge >= 0.3 is 0 Å². The molecular formula is C13H12ClFN2. The van der Waals surface area contributed by atoms with Crippen molar-refractivity contribution in [1.82, 2.24) is 4.98 Å². The summed E-state index contributed by atoms with van der Waals surface area (Å²) in [5.74, 6) is 0.278. The molecule has 0 saturated carbocycles. The van der Waals surface area contributed by atoms with Crippen LogP contribution in [0.5, 0.6) is 0 Å². The lowest BCUT2D eigenvalue weighted by atomic mass is 10.1. The first kappa shape index (κ1) is 11.9. The lowest BCUT2D eigenvalue weighted by Crippen LogP contribution is -2.08. The van der Waals surface area contributed by atoms with E-state index in [-0.39, 0.29) is 11.9 Å². The quantitative estimate of drug-likeness (QED) is 0.889. The molecule has 1 aromatic carbocycles. The Morgan fingerprint density at radius 3 is 2.65 bits per heavy atom. The van der Waals surface area contributed by atoms with Crippen molar-refractivity contribution in [2.24, 2.45) is 0 Å². The van der Waals surface area contributed by atoms with Gasteiger partial charge in [-0.15, -0.1) is 0 Å². The number of pyridine rings is 1. The van der Waals surface area contributed by atoms with Crippen LogP contribution in [0.3, 0.4) is 0 Å². The monoisotopic (exact) mass is 250 g/mol. The van der Waals surface area contributed by atoms with Crippen molar-refractivity contribution in [3.8, 4) is 0 Å². The Morgan fingerprint density at radius 2 is 2.00 bits per heavy atom. The molecule has 0 spiro atoms. The van der Waals surface area contributed by atoms with E-state index in [0.29, 0.717) is 10.8 Å². The molecule has 0 saturated heterocycles. The van der Waals surface area contributed by atoms with Crippen LogP contribution in [-0.4, -0.2) is 4.98 Å². The number of nitrogens with one attached hydrogen (secondary N) is 1. The van der Waals surface area contributed by atoms with Gasteiger partial charge in [-0.2, -0.15) is 0 Å². The zero-order chi connectivity index (χ0) is 12.3. The molecule has 2 aromatic rings. The summed E-state index contributed by atoms with van der Waals surface area (Å²) >= 11 is 6.09. The smallest absolute Gasteiger partial charge is 0.141 e. The molecule has 17 heavy (non-hydrogen) atoms. The Morgan fingerprint density at radius 1 is 1.24 bits per heavy atom. The summed E-state index contributed by atoms with van der Waals surface area (Å²) in [6.07, 6.45) is 1.18. The molecule has 0 bridgehead atoms. The van der Waals surface area contributed by atoms with Crippen LogP contribution >= 0.6 is 11.6 Å². The second kappa shape index (κ2) is 5.15. The molecule has 0 amide bonds. The van der Waals surface area contributed by atoms with Crippen LogP contribution in [0.15, 0.2) is 42.6 Å². The predicted molar refractivity (Wildman–Crippen MR) is 67.7 cm³/mol. The van der Waals surface area contributed by atoms with Gasteiger partial charge in [0, 0.05) is 5.02 Å². The molecule has 0 fully saturated rings. The van der Waals surface area contributed by atoms with Crippen LogP contribution in [0.2, 0.25) is 5.02 Å². The fourth-order valence-corrected chi connectivity index (χ4v) is 1.89. The second-order valence-electron chi connectivity index (χ2n) is 3.75. The van der Waals surface area contributed by atoms with Crippen molar-refractivity contribution in [3.05, 3.63) is 59.0 Å². The first-order valence-electron chi connectivity index (χ1n) is 5.29. The van der Waals surface area contributed by atoms with Gasteiger partial charge in [-0.3, -0.25) is 0 Å². The van der Waals surface area contributed by atoms with Crippen LogP contribution in [0.4, 0.5) is 10.2 Å². The molecule has 1 atom stereocenters. The fraction of sp³-hybridized carbons (Fsp3) is 0.154. The molecule has 0 radical (unpaired) electrons. The van der Waals surface area contributed by atoms with Crippen molar-refractivity contribution in [2.75, 3.05) is 5.32 Å². The standard InChI is InChI=1S/C13H12ClFN2/c1-9(11-4-2-3-5-12(11)14)17-13-7-6-10(15)8-16-13/h2-9H,1H3,(H,16,17). The third kappa shape index (κ3) is 2.94. The SMILES string of the molecule is CC(Nc1ccc(F)cn1)c1ccccc1Cl. The van der Waals surface area contributed by atoms with E-state index in [1.54, 1.807) is 6.07 Å². The highest BCUT2D eigenvalue weighted by Crippen LogP contribution is 2.24. The number of hydrogen-bond donors (Lipinski definition) is 1. The Hall–Kier alpha value is -1.61. The lowest BCUT2D eigenvalue weighted by molar-refractivity contribution is 0.621. The van der Waals surface area contributed by atoms with Crippen LogP contribution < -0.4 is 5.32 Å². The van der Waals surface area contributed by atoms with Crippen molar-refractivity contribution in [1.29, 1.82) is 0 Å². The Labute approximate surface area is 104 Å². The molecule has 2 nitrogen and oxygen atoms in total. The number of hydrogen-bond acceptors (Lipinski definition) is 2. The topological polar surface area (TPSA) is 24.9 Å². The number of halogens is 2. The number of aromatic nitrogens is 1. The molecular weight excluding hydrogens is 239 g/mol. The normalized spacial score (nSPS) is 12.2. The van der Waals surface area contributed by atoms with Crippen molar-refractivity contribution >= 4 is 17.4 Å². The van der Waals surface area contributed by atoms with Gasteiger partial charge in [-0.1, -0.05) is 29.8 Å². The molecule has 1 N–H and O–H groups in total. The maximum Gasteiger partial charge on any atom is 0.141 e. The van der Waals surface area contributed by atoms with E-state index in [9.17, 15) is 4.39 Å². The first-order chi connectivity index (χ1) is 8.16. The number of anilines is 1. The molecule has 1 aromatic heterocycles. The molecule has 0 aliphatic carbocycles. The Kier molecular flexibility index (Phi) is 3.59. The van der Waals surface area contributed by atoms with Gasteiger partial charge in [-0.25, -0.2) is 9.37 Å². The van der Waals surface area contributed by atoms with Crippen molar-refractivity contribution in [3.63, 3.8) is 0 Å². The summed E-state index contributed by atoms with van der Waals surface area (Å²) < 4.78 is 12.7. The maximum absolute atomic E-state index is 12.7. The van der Waals surface area contributed by atoms with E-state index in [1.807, 2.05) is 31.2 Å².